The lowest BCUT2D eigenvalue weighted by molar-refractivity contribution is 0.115. The van der Waals surface area contributed by atoms with E-state index in [9.17, 15) is 9.59 Å². The maximum Gasteiger partial charge on any atom is 0.416 e. The van der Waals surface area contributed by atoms with Crippen molar-refractivity contribution in [1.82, 2.24) is 9.88 Å². The second kappa shape index (κ2) is 12.2. The van der Waals surface area contributed by atoms with Gasteiger partial charge >= 0.3 is 12.2 Å². The van der Waals surface area contributed by atoms with E-state index >= 15 is 0 Å². The standard InChI is InChI=1S/C29H29Cl2N3O4/c1-4-6-22(7-5-15-30)38-29(36)34-16-14-23-24-17-20(31)10-13-25(24)33-26(23)27(34)19-8-11-21(12-9-19)32-28(35)37-18(2)3/h4-13,17-18,27,33H,1,14-16H2,2-3H3,(H,32,35)/b7-5-,22-6+. The highest BCUT2D eigenvalue weighted by Gasteiger charge is 2.35. The Morgan fingerprint density at radius 1 is 1.24 bits per heavy atom. The minimum Gasteiger partial charge on any atom is -0.447 e. The molecule has 9 heteroatoms. The van der Waals surface area contributed by atoms with Crippen LogP contribution in [0.1, 0.15) is 36.7 Å². The van der Waals surface area contributed by atoms with Gasteiger partial charge in [-0.05, 0) is 73.9 Å². The van der Waals surface area contributed by atoms with E-state index in [0.29, 0.717) is 29.4 Å². The number of H-pyrrole nitrogens is 1. The number of anilines is 1. The molecule has 1 aliphatic heterocycles. The second-order valence-electron chi connectivity index (χ2n) is 8.98. The molecule has 0 saturated carbocycles. The van der Waals surface area contributed by atoms with Crippen LogP contribution in [0.2, 0.25) is 5.02 Å². The highest BCUT2D eigenvalue weighted by Crippen LogP contribution is 2.40. The van der Waals surface area contributed by atoms with E-state index in [1.165, 1.54) is 0 Å². The zero-order valence-electron chi connectivity index (χ0n) is 21.2. The predicted octanol–water partition coefficient (Wildman–Crippen LogP) is 7.73. The third-order valence-corrected chi connectivity index (χ3v) is 6.41. The van der Waals surface area contributed by atoms with E-state index in [4.69, 9.17) is 32.7 Å². The zero-order valence-corrected chi connectivity index (χ0v) is 22.7. The minimum absolute atomic E-state index is 0.232. The molecular weight excluding hydrogens is 525 g/mol. The summed E-state index contributed by atoms with van der Waals surface area (Å²) >= 11 is 12.1. The maximum absolute atomic E-state index is 13.5. The molecule has 4 rings (SSSR count). The molecule has 2 heterocycles. The Hall–Kier alpha value is -3.68. The summed E-state index contributed by atoms with van der Waals surface area (Å²) in [6, 6.07) is 12.5. The predicted molar refractivity (Wildman–Crippen MR) is 152 cm³/mol. The summed E-state index contributed by atoms with van der Waals surface area (Å²) < 4.78 is 10.9. The van der Waals surface area contributed by atoms with Gasteiger partial charge in [-0.2, -0.15) is 0 Å². The van der Waals surface area contributed by atoms with Crippen molar-refractivity contribution in [2.75, 3.05) is 17.7 Å². The Kier molecular flexibility index (Phi) is 8.81. The summed E-state index contributed by atoms with van der Waals surface area (Å²) in [6.45, 7) is 7.69. The number of fused-ring (bicyclic) bond motifs is 3. The lowest BCUT2D eigenvalue weighted by Gasteiger charge is -2.35. The van der Waals surface area contributed by atoms with Gasteiger partial charge in [0.1, 0.15) is 11.8 Å². The molecule has 2 amide bonds. The van der Waals surface area contributed by atoms with E-state index in [2.05, 4.69) is 16.9 Å². The van der Waals surface area contributed by atoms with Crippen molar-refractivity contribution in [1.29, 1.82) is 0 Å². The van der Waals surface area contributed by atoms with Crippen molar-refractivity contribution in [3.63, 3.8) is 0 Å². The van der Waals surface area contributed by atoms with Gasteiger partial charge in [0.25, 0.3) is 0 Å². The van der Waals surface area contributed by atoms with Crippen LogP contribution in [0.15, 0.2) is 79.1 Å². The second-order valence-corrected chi connectivity index (χ2v) is 9.73. The van der Waals surface area contributed by atoms with Crippen LogP contribution < -0.4 is 5.32 Å². The normalized spacial score (nSPS) is 15.6. The number of aromatic amines is 1. The maximum atomic E-state index is 13.5. The number of aromatic nitrogens is 1. The number of hydrogen-bond donors (Lipinski definition) is 2. The minimum atomic E-state index is -0.531. The number of hydrogen-bond acceptors (Lipinski definition) is 4. The van der Waals surface area contributed by atoms with Crippen LogP contribution in [0, 0.1) is 0 Å². The summed E-state index contributed by atoms with van der Waals surface area (Å²) in [5.41, 5.74) is 4.34. The van der Waals surface area contributed by atoms with E-state index in [1.54, 1.807) is 55.2 Å². The third-order valence-electron chi connectivity index (χ3n) is 6.00. The molecule has 3 aromatic rings. The van der Waals surface area contributed by atoms with Crippen molar-refractivity contribution in [3.8, 4) is 0 Å². The Morgan fingerprint density at radius 2 is 2.00 bits per heavy atom. The quantitative estimate of drug-likeness (QED) is 0.178. The number of ether oxygens (including phenoxy) is 2. The van der Waals surface area contributed by atoms with E-state index in [-0.39, 0.29) is 12.0 Å². The van der Waals surface area contributed by atoms with Gasteiger partial charge in [0, 0.05) is 39.7 Å². The number of allylic oxidation sites excluding steroid dienone is 4. The largest absolute Gasteiger partial charge is 0.447 e. The van der Waals surface area contributed by atoms with Crippen LogP contribution in [0.25, 0.3) is 10.9 Å². The Bertz CT molecular complexity index is 1390. The fourth-order valence-corrected chi connectivity index (χ4v) is 4.74. The van der Waals surface area contributed by atoms with Crippen LogP contribution >= 0.6 is 23.2 Å². The van der Waals surface area contributed by atoms with Gasteiger partial charge in [0.15, 0.2) is 0 Å². The van der Waals surface area contributed by atoms with Gasteiger partial charge in [-0.25, -0.2) is 9.59 Å². The lowest BCUT2D eigenvalue weighted by atomic mass is 9.92. The molecule has 0 saturated heterocycles. The van der Waals surface area contributed by atoms with Gasteiger partial charge in [-0.15, -0.1) is 11.6 Å². The number of carbonyl (C=O) groups excluding carboxylic acids is 2. The number of nitrogens with one attached hydrogen (secondary N) is 2. The fraction of sp³-hybridized carbons (Fsp3) is 0.241. The Labute approximate surface area is 231 Å². The molecule has 1 atom stereocenters. The molecule has 2 N–H and O–H groups in total. The molecule has 0 spiro atoms. The first-order valence-electron chi connectivity index (χ1n) is 12.2. The van der Waals surface area contributed by atoms with Gasteiger partial charge in [-0.3, -0.25) is 10.2 Å². The molecule has 198 valence electrons. The lowest BCUT2D eigenvalue weighted by Crippen LogP contribution is -2.40. The summed E-state index contributed by atoms with van der Waals surface area (Å²) in [4.78, 5) is 30.7. The molecule has 0 radical (unpaired) electrons. The smallest absolute Gasteiger partial charge is 0.416 e. The van der Waals surface area contributed by atoms with Crippen molar-refractivity contribution >= 4 is 52.0 Å². The molecule has 38 heavy (non-hydrogen) atoms. The average molecular weight is 554 g/mol. The highest BCUT2D eigenvalue weighted by atomic mass is 35.5. The SMILES string of the molecule is C=C/C=C(\C=C/CCl)OC(=O)N1CCc2c([nH]c3ccc(Cl)cc23)C1c1ccc(NC(=O)OC(C)C)cc1. The molecule has 0 fully saturated rings. The third kappa shape index (κ3) is 6.23. The molecule has 1 aromatic heterocycles. The monoisotopic (exact) mass is 553 g/mol. The number of amides is 2. The van der Waals surface area contributed by atoms with Crippen molar-refractivity contribution in [2.24, 2.45) is 0 Å². The van der Waals surface area contributed by atoms with E-state index in [1.807, 2.05) is 30.3 Å². The van der Waals surface area contributed by atoms with Crippen LogP contribution in [-0.4, -0.2) is 40.6 Å². The summed E-state index contributed by atoms with van der Waals surface area (Å²) in [5.74, 6) is 0.617. The number of rotatable bonds is 7. The molecule has 0 aliphatic carbocycles. The first-order chi connectivity index (χ1) is 18.3. The number of benzene rings is 2. The highest BCUT2D eigenvalue weighted by molar-refractivity contribution is 6.31. The van der Waals surface area contributed by atoms with E-state index < -0.39 is 18.2 Å². The number of halogens is 2. The fourth-order valence-electron chi connectivity index (χ4n) is 4.47. The molecule has 1 unspecified atom stereocenters. The summed E-state index contributed by atoms with van der Waals surface area (Å²) in [5, 5.41) is 4.39. The zero-order chi connectivity index (χ0) is 27.2. The number of nitrogens with zero attached hydrogens (tertiary/aromatic N) is 1. The summed E-state index contributed by atoms with van der Waals surface area (Å²) in [7, 11) is 0. The van der Waals surface area contributed by atoms with E-state index in [0.717, 1.165) is 27.7 Å². The van der Waals surface area contributed by atoms with Gasteiger partial charge < -0.3 is 14.5 Å². The number of alkyl halides is 1. The van der Waals surface area contributed by atoms with Gasteiger partial charge in [0.2, 0.25) is 0 Å². The topological polar surface area (TPSA) is 83.7 Å². The molecule has 7 nitrogen and oxygen atoms in total. The van der Waals surface area contributed by atoms with Gasteiger partial charge in [-0.1, -0.05) is 42.5 Å². The average Bonchev–Trinajstić information content (AvgIpc) is 3.24. The van der Waals surface area contributed by atoms with Crippen LogP contribution in [-0.2, 0) is 15.9 Å². The van der Waals surface area contributed by atoms with Crippen LogP contribution in [0.4, 0.5) is 15.3 Å². The molecular formula is C29H29Cl2N3O4. The summed E-state index contributed by atoms with van der Waals surface area (Å²) in [6.07, 6.45) is 5.83. The molecule has 2 aromatic carbocycles. The molecule has 1 aliphatic rings. The first-order valence-corrected chi connectivity index (χ1v) is 13.1. The first kappa shape index (κ1) is 27.4. The Balaban J connectivity index is 1.71. The number of carbonyl (C=O) groups is 2. The van der Waals surface area contributed by atoms with Crippen molar-refractivity contribution in [2.45, 2.75) is 32.4 Å². The van der Waals surface area contributed by atoms with Crippen LogP contribution in [0.3, 0.4) is 0 Å². The van der Waals surface area contributed by atoms with Crippen molar-refractivity contribution in [3.05, 3.63) is 101 Å². The molecule has 0 bridgehead atoms. The van der Waals surface area contributed by atoms with Crippen molar-refractivity contribution < 1.29 is 19.1 Å². The van der Waals surface area contributed by atoms with Crippen LogP contribution in [0.5, 0.6) is 0 Å². The van der Waals surface area contributed by atoms with Gasteiger partial charge in [0.05, 0.1) is 6.10 Å². The Morgan fingerprint density at radius 3 is 2.68 bits per heavy atom.